The Hall–Kier alpha value is -1.74. The van der Waals surface area contributed by atoms with Crippen molar-refractivity contribution in [3.05, 3.63) is 59.2 Å². The van der Waals surface area contributed by atoms with Crippen LogP contribution in [-0.2, 0) is 0 Å². The average molecular weight is 250 g/mol. The van der Waals surface area contributed by atoms with Gasteiger partial charge in [0.25, 0.3) is 0 Å². The van der Waals surface area contributed by atoms with Crippen LogP contribution in [0.2, 0.25) is 0 Å². The summed E-state index contributed by atoms with van der Waals surface area (Å²) in [5.74, 6) is 6.31. The number of benzene rings is 1. The van der Waals surface area contributed by atoms with Gasteiger partial charge in [0.05, 0.1) is 0 Å². The zero-order valence-electron chi connectivity index (χ0n) is 12.2. The van der Waals surface area contributed by atoms with Crippen LogP contribution in [0.15, 0.2) is 53.6 Å². The quantitative estimate of drug-likeness (QED) is 0.607. The van der Waals surface area contributed by atoms with E-state index in [1.807, 2.05) is 36.4 Å². The predicted molar refractivity (Wildman–Crippen MR) is 82.8 cm³/mol. The highest BCUT2D eigenvalue weighted by molar-refractivity contribution is 5.40. The Morgan fingerprint density at radius 2 is 1.89 bits per heavy atom. The van der Waals surface area contributed by atoms with Gasteiger partial charge in [-0.1, -0.05) is 55.5 Å². The number of hydrogen-bond acceptors (Lipinski definition) is 0. The highest BCUT2D eigenvalue weighted by Crippen LogP contribution is 2.40. The van der Waals surface area contributed by atoms with Gasteiger partial charge >= 0.3 is 0 Å². The van der Waals surface area contributed by atoms with Crippen LogP contribution < -0.4 is 0 Å². The number of hydrogen-bond donors (Lipinski definition) is 0. The van der Waals surface area contributed by atoms with E-state index in [1.54, 1.807) is 0 Å². The van der Waals surface area contributed by atoms with Crippen molar-refractivity contribution in [1.82, 2.24) is 0 Å². The minimum Gasteiger partial charge on any atom is -0.0696 e. The molecule has 1 aliphatic rings. The Labute approximate surface area is 117 Å². The summed E-state index contributed by atoms with van der Waals surface area (Å²) in [5, 5.41) is 0. The standard InChI is InChI=1S/C19H22/c1-16-10-9-15-19(2,3)18(16)14-8-7-13-17-11-5-4-6-12-17/h4-6,8,11-12,14H,9-10,15H2,1-3H3/b14-8+. The van der Waals surface area contributed by atoms with E-state index in [4.69, 9.17) is 0 Å². The molecule has 1 aromatic carbocycles. The molecular formula is C19H22. The van der Waals surface area contributed by atoms with Crippen LogP contribution in [0.3, 0.4) is 0 Å². The molecule has 2 rings (SSSR count). The Balaban J connectivity index is 2.13. The normalized spacial score (nSPS) is 18.3. The molecule has 0 saturated heterocycles. The molecule has 0 N–H and O–H groups in total. The zero-order valence-corrected chi connectivity index (χ0v) is 12.2. The molecule has 1 aromatic rings. The summed E-state index contributed by atoms with van der Waals surface area (Å²) in [6.07, 6.45) is 8.03. The lowest BCUT2D eigenvalue weighted by molar-refractivity contribution is 0.377. The van der Waals surface area contributed by atoms with Gasteiger partial charge in [-0.3, -0.25) is 0 Å². The summed E-state index contributed by atoms with van der Waals surface area (Å²) < 4.78 is 0. The molecule has 98 valence electrons. The Bertz CT molecular complexity index is 545. The maximum Gasteiger partial charge on any atom is 0.0248 e. The van der Waals surface area contributed by atoms with E-state index in [0.29, 0.717) is 5.41 Å². The van der Waals surface area contributed by atoms with Crippen molar-refractivity contribution in [3.8, 4) is 11.8 Å². The molecule has 0 heteroatoms. The first-order valence-electron chi connectivity index (χ1n) is 7.03. The third-order valence-corrected chi connectivity index (χ3v) is 3.87. The van der Waals surface area contributed by atoms with Crippen molar-refractivity contribution < 1.29 is 0 Å². The molecule has 0 fully saturated rings. The van der Waals surface area contributed by atoms with Gasteiger partial charge in [-0.2, -0.15) is 0 Å². The molecule has 0 saturated carbocycles. The van der Waals surface area contributed by atoms with Crippen molar-refractivity contribution in [2.24, 2.45) is 5.41 Å². The third kappa shape index (κ3) is 3.61. The fourth-order valence-corrected chi connectivity index (χ4v) is 2.78. The van der Waals surface area contributed by atoms with Gasteiger partial charge in [-0.15, -0.1) is 0 Å². The van der Waals surface area contributed by atoms with E-state index in [-0.39, 0.29) is 0 Å². The summed E-state index contributed by atoms with van der Waals surface area (Å²) >= 11 is 0. The van der Waals surface area contributed by atoms with E-state index >= 15 is 0 Å². The topological polar surface area (TPSA) is 0 Å². The maximum absolute atomic E-state index is 3.17. The molecule has 0 nitrogen and oxygen atoms in total. The molecule has 0 atom stereocenters. The third-order valence-electron chi connectivity index (χ3n) is 3.87. The summed E-state index contributed by atoms with van der Waals surface area (Å²) in [6, 6.07) is 10.1. The van der Waals surface area contributed by atoms with Crippen molar-refractivity contribution in [2.45, 2.75) is 40.0 Å². The maximum atomic E-state index is 3.17. The average Bonchev–Trinajstić information content (AvgIpc) is 2.38. The van der Waals surface area contributed by atoms with E-state index in [0.717, 1.165) is 5.56 Å². The molecule has 0 radical (unpaired) electrons. The van der Waals surface area contributed by atoms with Crippen LogP contribution in [0.4, 0.5) is 0 Å². The summed E-state index contributed by atoms with van der Waals surface area (Å²) in [7, 11) is 0. The van der Waals surface area contributed by atoms with Gasteiger partial charge in [0.15, 0.2) is 0 Å². The first-order chi connectivity index (χ1) is 9.09. The van der Waals surface area contributed by atoms with Crippen LogP contribution in [0.1, 0.15) is 45.6 Å². The van der Waals surface area contributed by atoms with Crippen LogP contribution in [0.5, 0.6) is 0 Å². The number of rotatable bonds is 1. The fourth-order valence-electron chi connectivity index (χ4n) is 2.78. The summed E-state index contributed by atoms with van der Waals surface area (Å²) in [6.45, 7) is 6.92. The van der Waals surface area contributed by atoms with Crippen molar-refractivity contribution in [1.29, 1.82) is 0 Å². The van der Waals surface area contributed by atoms with Crippen LogP contribution in [0, 0.1) is 17.3 Å². The molecule has 1 aliphatic carbocycles. The number of allylic oxidation sites excluding steroid dienone is 4. The second-order valence-electron chi connectivity index (χ2n) is 5.90. The SMILES string of the molecule is CC1=C(/C=C/C#Cc2ccccc2)C(C)(C)CCC1. The van der Waals surface area contributed by atoms with Crippen LogP contribution >= 0.6 is 0 Å². The second-order valence-corrected chi connectivity index (χ2v) is 5.90. The van der Waals surface area contributed by atoms with E-state index in [9.17, 15) is 0 Å². The largest absolute Gasteiger partial charge is 0.0696 e. The molecule has 0 amide bonds. The van der Waals surface area contributed by atoms with Gasteiger partial charge in [-0.05, 0) is 55.4 Å². The molecular weight excluding hydrogens is 228 g/mol. The van der Waals surface area contributed by atoms with Gasteiger partial charge in [0.1, 0.15) is 0 Å². The summed E-state index contributed by atoms with van der Waals surface area (Å²) in [5.41, 5.74) is 4.36. The Kier molecular flexibility index (Phi) is 4.27. The van der Waals surface area contributed by atoms with E-state index in [2.05, 4.69) is 38.7 Å². The Morgan fingerprint density at radius 1 is 1.16 bits per heavy atom. The molecule has 19 heavy (non-hydrogen) atoms. The van der Waals surface area contributed by atoms with Crippen LogP contribution in [0.25, 0.3) is 0 Å². The molecule has 0 aliphatic heterocycles. The lowest BCUT2D eigenvalue weighted by Gasteiger charge is -2.32. The predicted octanol–water partition coefficient (Wildman–Crippen LogP) is 5.12. The first-order valence-corrected chi connectivity index (χ1v) is 7.03. The van der Waals surface area contributed by atoms with Crippen molar-refractivity contribution in [2.75, 3.05) is 0 Å². The lowest BCUT2D eigenvalue weighted by Crippen LogP contribution is -2.18. The van der Waals surface area contributed by atoms with Crippen molar-refractivity contribution >= 4 is 0 Å². The second kappa shape index (κ2) is 5.93. The lowest BCUT2D eigenvalue weighted by atomic mass is 9.73. The molecule has 0 bridgehead atoms. The molecule has 0 unspecified atom stereocenters. The first kappa shape index (κ1) is 13.7. The highest BCUT2D eigenvalue weighted by atomic mass is 14.3. The minimum absolute atomic E-state index is 0.299. The summed E-state index contributed by atoms with van der Waals surface area (Å²) in [4.78, 5) is 0. The van der Waals surface area contributed by atoms with Crippen LogP contribution in [-0.4, -0.2) is 0 Å². The molecule has 0 aromatic heterocycles. The smallest absolute Gasteiger partial charge is 0.0248 e. The van der Waals surface area contributed by atoms with Gasteiger partial charge in [0, 0.05) is 5.56 Å². The van der Waals surface area contributed by atoms with Crippen molar-refractivity contribution in [3.63, 3.8) is 0 Å². The van der Waals surface area contributed by atoms with E-state index < -0.39 is 0 Å². The van der Waals surface area contributed by atoms with Gasteiger partial charge < -0.3 is 0 Å². The van der Waals surface area contributed by atoms with Gasteiger partial charge in [-0.25, -0.2) is 0 Å². The fraction of sp³-hybridized carbons (Fsp3) is 0.368. The highest BCUT2D eigenvalue weighted by Gasteiger charge is 2.26. The molecule has 0 heterocycles. The zero-order chi connectivity index (χ0) is 13.7. The van der Waals surface area contributed by atoms with Gasteiger partial charge in [0.2, 0.25) is 0 Å². The van der Waals surface area contributed by atoms with E-state index in [1.165, 1.54) is 30.4 Å². The minimum atomic E-state index is 0.299. The Morgan fingerprint density at radius 3 is 2.58 bits per heavy atom. The molecule has 0 spiro atoms. The monoisotopic (exact) mass is 250 g/mol.